The highest BCUT2D eigenvalue weighted by molar-refractivity contribution is 5.29. The van der Waals surface area contributed by atoms with Crippen molar-refractivity contribution in [2.45, 2.75) is 64.2 Å². The van der Waals surface area contributed by atoms with E-state index >= 15 is 0 Å². The molecule has 1 N–H and O–H groups in total. The van der Waals surface area contributed by atoms with Crippen molar-refractivity contribution in [1.82, 2.24) is 15.1 Å². The van der Waals surface area contributed by atoms with E-state index < -0.39 is 0 Å². The van der Waals surface area contributed by atoms with Gasteiger partial charge in [0.1, 0.15) is 0 Å². The van der Waals surface area contributed by atoms with E-state index in [1.54, 1.807) is 0 Å². The summed E-state index contributed by atoms with van der Waals surface area (Å²) < 4.78 is 2.03. The zero-order chi connectivity index (χ0) is 15.0. The predicted molar refractivity (Wildman–Crippen MR) is 87.6 cm³/mol. The molecule has 21 heavy (non-hydrogen) atoms. The van der Waals surface area contributed by atoms with Crippen LogP contribution in [0.25, 0.3) is 0 Å². The first kappa shape index (κ1) is 15.1. The molecule has 1 aromatic heterocycles. The summed E-state index contributed by atoms with van der Waals surface area (Å²) in [6.45, 7) is 9.25. The Balaban J connectivity index is 1.93. The molecule has 0 bridgehead atoms. The highest BCUT2D eigenvalue weighted by Gasteiger charge is 2.37. The second kappa shape index (κ2) is 5.75. The van der Waals surface area contributed by atoms with Crippen molar-refractivity contribution in [3.8, 4) is 0 Å². The quantitative estimate of drug-likeness (QED) is 0.901. The number of aromatic nitrogens is 2. The first-order chi connectivity index (χ1) is 9.97. The van der Waals surface area contributed by atoms with Gasteiger partial charge in [-0.05, 0) is 42.8 Å². The fraction of sp³-hybridized carbons (Fsp3) is 0.833. The molecule has 0 radical (unpaired) electrons. The molecule has 1 aromatic rings. The molecule has 2 atom stereocenters. The van der Waals surface area contributed by atoms with Crippen molar-refractivity contribution in [1.29, 1.82) is 0 Å². The number of nitrogens with zero attached hydrogens (tertiary/aromatic N) is 2. The minimum absolute atomic E-state index is 0.141. The van der Waals surface area contributed by atoms with Gasteiger partial charge in [0.2, 0.25) is 0 Å². The summed E-state index contributed by atoms with van der Waals surface area (Å²) in [4.78, 5) is 0. The van der Waals surface area contributed by atoms with Crippen LogP contribution in [-0.2, 0) is 12.5 Å². The van der Waals surface area contributed by atoms with Gasteiger partial charge in [0.15, 0.2) is 0 Å². The molecular formula is C18H31N3. The topological polar surface area (TPSA) is 29.9 Å². The van der Waals surface area contributed by atoms with E-state index in [1.807, 2.05) is 4.68 Å². The average molecular weight is 289 g/mol. The maximum absolute atomic E-state index is 4.81. The van der Waals surface area contributed by atoms with Gasteiger partial charge in [-0.15, -0.1) is 0 Å². The number of hydrogen-bond acceptors (Lipinski definition) is 2. The summed E-state index contributed by atoms with van der Waals surface area (Å²) >= 11 is 0. The lowest BCUT2D eigenvalue weighted by Crippen LogP contribution is -2.39. The number of nitrogens with one attached hydrogen (secondary N) is 1. The molecule has 1 saturated carbocycles. The zero-order valence-corrected chi connectivity index (χ0v) is 14.2. The normalized spacial score (nSPS) is 28.2. The summed E-state index contributed by atoms with van der Waals surface area (Å²) in [5.74, 6) is 2.44. The summed E-state index contributed by atoms with van der Waals surface area (Å²) in [6.07, 6.45) is 9.33. The Bertz CT molecular complexity index is 477. The molecule has 2 unspecified atom stereocenters. The minimum Gasteiger partial charge on any atom is -0.316 e. The van der Waals surface area contributed by atoms with Crippen LogP contribution in [0.3, 0.4) is 0 Å². The lowest BCUT2D eigenvalue weighted by Gasteiger charge is -2.37. The monoisotopic (exact) mass is 289 g/mol. The van der Waals surface area contributed by atoms with Crippen LogP contribution < -0.4 is 5.32 Å². The Hall–Kier alpha value is -0.830. The van der Waals surface area contributed by atoms with E-state index in [-0.39, 0.29) is 5.41 Å². The molecule has 3 heteroatoms. The molecule has 0 spiro atoms. The van der Waals surface area contributed by atoms with Gasteiger partial charge in [0.05, 0.1) is 5.69 Å². The Morgan fingerprint density at radius 1 is 1.19 bits per heavy atom. The molecule has 0 aromatic carbocycles. The average Bonchev–Trinajstić information content (AvgIpc) is 3.07. The highest BCUT2D eigenvalue weighted by atomic mass is 15.3. The van der Waals surface area contributed by atoms with Crippen LogP contribution in [0.5, 0.6) is 0 Å². The SMILES string of the molecule is Cn1cc(C2CCNCC2C2CCCC2)c(C(C)(C)C)n1. The van der Waals surface area contributed by atoms with Crippen LogP contribution in [0.1, 0.15) is 70.1 Å². The third-order valence-corrected chi connectivity index (χ3v) is 5.50. The molecule has 0 amide bonds. The Labute approximate surface area is 129 Å². The summed E-state index contributed by atoms with van der Waals surface area (Å²) in [5.41, 5.74) is 2.99. The van der Waals surface area contributed by atoms with Crippen molar-refractivity contribution in [2.75, 3.05) is 13.1 Å². The van der Waals surface area contributed by atoms with Crippen molar-refractivity contribution in [3.63, 3.8) is 0 Å². The largest absolute Gasteiger partial charge is 0.316 e. The molecule has 2 heterocycles. The van der Waals surface area contributed by atoms with Crippen molar-refractivity contribution in [3.05, 3.63) is 17.5 Å². The van der Waals surface area contributed by atoms with Crippen LogP contribution in [0.2, 0.25) is 0 Å². The second-order valence-corrected chi connectivity index (χ2v) is 8.16. The van der Waals surface area contributed by atoms with E-state index in [9.17, 15) is 0 Å². The zero-order valence-electron chi connectivity index (χ0n) is 14.2. The molecule has 118 valence electrons. The fourth-order valence-corrected chi connectivity index (χ4v) is 4.51. The number of aryl methyl sites for hydroxylation is 1. The van der Waals surface area contributed by atoms with E-state index in [4.69, 9.17) is 5.10 Å². The number of hydrogen-bond donors (Lipinski definition) is 1. The van der Waals surface area contributed by atoms with Crippen molar-refractivity contribution in [2.24, 2.45) is 18.9 Å². The van der Waals surface area contributed by atoms with Crippen LogP contribution in [0.4, 0.5) is 0 Å². The third kappa shape index (κ3) is 3.03. The van der Waals surface area contributed by atoms with Gasteiger partial charge in [-0.25, -0.2) is 0 Å². The first-order valence-corrected chi connectivity index (χ1v) is 8.71. The van der Waals surface area contributed by atoms with Gasteiger partial charge in [-0.1, -0.05) is 46.5 Å². The Morgan fingerprint density at radius 3 is 2.57 bits per heavy atom. The molecule has 3 nitrogen and oxygen atoms in total. The third-order valence-electron chi connectivity index (χ3n) is 5.50. The smallest absolute Gasteiger partial charge is 0.0712 e. The Morgan fingerprint density at radius 2 is 1.90 bits per heavy atom. The van der Waals surface area contributed by atoms with Gasteiger partial charge in [-0.2, -0.15) is 5.10 Å². The lowest BCUT2D eigenvalue weighted by molar-refractivity contribution is 0.229. The molecule has 1 saturated heterocycles. The standard InChI is InChI=1S/C18H31N3/c1-18(2,3)17-16(12-21(4)20-17)14-9-10-19-11-15(14)13-7-5-6-8-13/h12-15,19H,5-11H2,1-4H3. The van der Waals surface area contributed by atoms with E-state index in [1.165, 1.54) is 49.9 Å². The van der Waals surface area contributed by atoms with E-state index in [0.29, 0.717) is 5.92 Å². The number of piperidine rings is 1. The van der Waals surface area contributed by atoms with Crippen LogP contribution in [0, 0.1) is 11.8 Å². The molecule has 1 aliphatic carbocycles. The second-order valence-electron chi connectivity index (χ2n) is 8.16. The first-order valence-electron chi connectivity index (χ1n) is 8.71. The lowest BCUT2D eigenvalue weighted by atomic mass is 9.72. The molecular weight excluding hydrogens is 258 g/mol. The van der Waals surface area contributed by atoms with E-state index in [2.05, 4.69) is 39.3 Å². The van der Waals surface area contributed by atoms with Crippen molar-refractivity contribution >= 4 is 0 Å². The van der Waals surface area contributed by atoms with Crippen molar-refractivity contribution < 1.29 is 0 Å². The Kier molecular flexibility index (Phi) is 4.13. The molecule has 2 aliphatic rings. The molecule has 3 rings (SSSR count). The van der Waals surface area contributed by atoms with Gasteiger partial charge < -0.3 is 5.32 Å². The maximum atomic E-state index is 4.81. The fourth-order valence-electron chi connectivity index (χ4n) is 4.51. The van der Waals surface area contributed by atoms with Gasteiger partial charge in [-0.3, -0.25) is 4.68 Å². The predicted octanol–water partition coefficient (Wildman–Crippen LogP) is 3.60. The van der Waals surface area contributed by atoms with Crippen LogP contribution in [-0.4, -0.2) is 22.9 Å². The van der Waals surface area contributed by atoms with Gasteiger partial charge in [0.25, 0.3) is 0 Å². The van der Waals surface area contributed by atoms with Gasteiger partial charge in [0, 0.05) is 18.7 Å². The van der Waals surface area contributed by atoms with Crippen LogP contribution in [0.15, 0.2) is 6.20 Å². The summed E-state index contributed by atoms with van der Waals surface area (Å²) in [7, 11) is 2.07. The van der Waals surface area contributed by atoms with E-state index in [0.717, 1.165) is 18.4 Å². The maximum Gasteiger partial charge on any atom is 0.0712 e. The summed E-state index contributed by atoms with van der Waals surface area (Å²) in [6, 6.07) is 0. The highest BCUT2D eigenvalue weighted by Crippen LogP contribution is 2.44. The molecule has 1 aliphatic heterocycles. The van der Waals surface area contributed by atoms with Crippen LogP contribution >= 0.6 is 0 Å². The minimum atomic E-state index is 0.141. The number of rotatable bonds is 2. The summed E-state index contributed by atoms with van der Waals surface area (Å²) in [5, 5.41) is 8.46. The van der Waals surface area contributed by atoms with Gasteiger partial charge >= 0.3 is 0 Å². The molecule has 2 fully saturated rings.